The minimum atomic E-state index is -0.840. The SMILES string of the molecule is O=C(O)CCc1cc2n(n1)CCN(C(=O)c1nc3ccccc3[nH]1)C2. The van der Waals surface area contributed by atoms with Gasteiger partial charge in [0.15, 0.2) is 5.82 Å². The number of para-hydroxylation sites is 2. The van der Waals surface area contributed by atoms with Crippen LogP contribution in [0.2, 0.25) is 0 Å². The number of carbonyl (C=O) groups excluding carboxylic acids is 1. The zero-order chi connectivity index (χ0) is 17.4. The van der Waals surface area contributed by atoms with Gasteiger partial charge < -0.3 is 15.0 Å². The zero-order valence-electron chi connectivity index (χ0n) is 13.5. The number of nitrogens with zero attached hydrogens (tertiary/aromatic N) is 4. The second kappa shape index (κ2) is 6.04. The minimum absolute atomic E-state index is 0.0537. The number of amides is 1. The molecule has 0 saturated heterocycles. The van der Waals surface area contributed by atoms with Crippen LogP contribution in [0.15, 0.2) is 30.3 Å². The third kappa shape index (κ3) is 2.98. The van der Waals surface area contributed by atoms with Crippen molar-refractivity contribution in [3.05, 3.63) is 47.5 Å². The van der Waals surface area contributed by atoms with E-state index in [0.29, 0.717) is 31.9 Å². The number of rotatable bonds is 4. The number of aromatic nitrogens is 4. The number of carboxylic acid groups (broad SMARTS) is 1. The summed E-state index contributed by atoms with van der Waals surface area (Å²) in [7, 11) is 0. The van der Waals surface area contributed by atoms with Crippen LogP contribution >= 0.6 is 0 Å². The highest BCUT2D eigenvalue weighted by atomic mass is 16.4. The fraction of sp³-hybridized carbons (Fsp3) is 0.294. The van der Waals surface area contributed by atoms with Crippen molar-refractivity contribution < 1.29 is 14.7 Å². The first kappa shape index (κ1) is 15.4. The Morgan fingerprint density at radius 1 is 1.24 bits per heavy atom. The second-order valence-electron chi connectivity index (χ2n) is 6.07. The fourth-order valence-electron chi connectivity index (χ4n) is 3.06. The molecule has 25 heavy (non-hydrogen) atoms. The van der Waals surface area contributed by atoms with Crippen molar-refractivity contribution >= 4 is 22.9 Å². The standard InChI is InChI=1S/C17H17N5O3/c23-15(24)6-5-11-9-12-10-21(7-8-22(12)20-11)17(25)16-18-13-3-1-2-4-14(13)19-16/h1-4,9H,5-8,10H2,(H,18,19)(H,23,24). The maximum atomic E-state index is 12.7. The molecule has 1 amide bonds. The number of aryl methyl sites for hydroxylation is 1. The van der Waals surface area contributed by atoms with Crippen molar-refractivity contribution in [2.45, 2.75) is 25.9 Å². The van der Waals surface area contributed by atoms with Crippen molar-refractivity contribution in [3.8, 4) is 0 Å². The first-order chi connectivity index (χ1) is 12.1. The largest absolute Gasteiger partial charge is 0.481 e. The number of H-pyrrole nitrogens is 1. The zero-order valence-corrected chi connectivity index (χ0v) is 13.5. The first-order valence-electron chi connectivity index (χ1n) is 8.11. The Morgan fingerprint density at radius 3 is 2.88 bits per heavy atom. The first-order valence-corrected chi connectivity index (χ1v) is 8.11. The number of aliphatic carboxylic acids is 1. The number of imidazole rings is 1. The van der Waals surface area contributed by atoms with Gasteiger partial charge in [-0.15, -0.1) is 0 Å². The van der Waals surface area contributed by atoms with Gasteiger partial charge >= 0.3 is 5.97 Å². The molecule has 0 spiro atoms. The molecule has 128 valence electrons. The number of nitrogens with one attached hydrogen (secondary N) is 1. The Balaban J connectivity index is 1.51. The van der Waals surface area contributed by atoms with Gasteiger partial charge in [0.05, 0.1) is 41.9 Å². The highest BCUT2D eigenvalue weighted by Crippen LogP contribution is 2.18. The molecular weight excluding hydrogens is 322 g/mol. The summed E-state index contributed by atoms with van der Waals surface area (Å²) in [5.41, 5.74) is 3.26. The lowest BCUT2D eigenvalue weighted by Crippen LogP contribution is -2.38. The maximum absolute atomic E-state index is 12.7. The van der Waals surface area contributed by atoms with Gasteiger partial charge in [-0.3, -0.25) is 14.3 Å². The van der Waals surface area contributed by atoms with Crippen LogP contribution in [0.25, 0.3) is 11.0 Å². The number of hydrogen-bond acceptors (Lipinski definition) is 4. The molecule has 3 aromatic rings. The topological polar surface area (TPSA) is 104 Å². The Bertz CT molecular complexity index is 925. The van der Waals surface area contributed by atoms with E-state index >= 15 is 0 Å². The van der Waals surface area contributed by atoms with Crippen LogP contribution in [0.4, 0.5) is 0 Å². The summed E-state index contributed by atoms with van der Waals surface area (Å²) in [6, 6.07) is 9.41. The molecule has 8 nitrogen and oxygen atoms in total. The van der Waals surface area contributed by atoms with Gasteiger partial charge in [0.1, 0.15) is 0 Å². The van der Waals surface area contributed by atoms with E-state index in [1.807, 2.05) is 35.0 Å². The van der Waals surface area contributed by atoms with Crippen LogP contribution in [0.3, 0.4) is 0 Å². The third-order valence-electron chi connectivity index (χ3n) is 4.32. The van der Waals surface area contributed by atoms with Crippen molar-refractivity contribution in [1.29, 1.82) is 0 Å². The number of carboxylic acids is 1. The fourth-order valence-corrected chi connectivity index (χ4v) is 3.06. The van der Waals surface area contributed by atoms with E-state index in [4.69, 9.17) is 5.11 Å². The van der Waals surface area contributed by atoms with Gasteiger partial charge in [-0.25, -0.2) is 4.98 Å². The molecule has 2 aromatic heterocycles. The normalized spacial score (nSPS) is 13.8. The summed E-state index contributed by atoms with van der Waals surface area (Å²) in [5, 5.41) is 13.2. The summed E-state index contributed by atoms with van der Waals surface area (Å²) < 4.78 is 1.85. The smallest absolute Gasteiger partial charge is 0.303 e. The molecule has 0 saturated carbocycles. The van der Waals surface area contributed by atoms with Gasteiger partial charge in [-0.1, -0.05) is 12.1 Å². The Labute approximate surface area is 143 Å². The van der Waals surface area contributed by atoms with E-state index in [0.717, 1.165) is 22.4 Å². The quantitative estimate of drug-likeness (QED) is 0.748. The Kier molecular flexibility index (Phi) is 3.72. The van der Waals surface area contributed by atoms with E-state index in [1.165, 1.54) is 0 Å². The molecule has 2 N–H and O–H groups in total. The molecular formula is C17H17N5O3. The van der Waals surface area contributed by atoms with E-state index < -0.39 is 5.97 Å². The van der Waals surface area contributed by atoms with Crippen LogP contribution in [0.1, 0.15) is 28.4 Å². The molecule has 0 radical (unpaired) electrons. The second-order valence-corrected chi connectivity index (χ2v) is 6.07. The highest BCUT2D eigenvalue weighted by Gasteiger charge is 2.25. The average Bonchev–Trinajstić information content (AvgIpc) is 3.22. The number of aromatic amines is 1. The lowest BCUT2D eigenvalue weighted by molar-refractivity contribution is -0.136. The van der Waals surface area contributed by atoms with Crippen LogP contribution in [0, 0.1) is 0 Å². The molecule has 0 bridgehead atoms. The molecule has 0 atom stereocenters. The lowest BCUT2D eigenvalue weighted by Gasteiger charge is -2.26. The highest BCUT2D eigenvalue weighted by molar-refractivity contribution is 5.94. The molecule has 4 rings (SSSR count). The van der Waals surface area contributed by atoms with Gasteiger partial charge in [-0.2, -0.15) is 5.10 Å². The molecule has 1 aromatic carbocycles. The number of hydrogen-bond donors (Lipinski definition) is 2. The molecule has 0 unspecified atom stereocenters. The molecule has 0 aliphatic carbocycles. The Morgan fingerprint density at radius 2 is 2.08 bits per heavy atom. The van der Waals surface area contributed by atoms with Gasteiger partial charge in [0, 0.05) is 13.0 Å². The predicted octanol–water partition coefficient (Wildman–Crippen LogP) is 1.43. The number of benzene rings is 1. The van der Waals surface area contributed by atoms with Crippen molar-refractivity contribution in [3.63, 3.8) is 0 Å². The van der Waals surface area contributed by atoms with Gasteiger partial charge in [0.25, 0.3) is 5.91 Å². The summed E-state index contributed by atoms with van der Waals surface area (Å²) in [6.07, 6.45) is 0.449. The summed E-state index contributed by atoms with van der Waals surface area (Å²) in [4.78, 5) is 32.6. The van der Waals surface area contributed by atoms with E-state index in [9.17, 15) is 9.59 Å². The van der Waals surface area contributed by atoms with E-state index in [1.54, 1.807) is 4.90 Å². The van der Waals surface area contributed by atoms with E-state index in [2.05, 4.69) is 15.1 Å². The van der Waals surface area contributed by atoms with Crippen molar-refractivity contribution in [2.24, 2.45) is 0 Å². The lowest BCUT2D eigenvalue weighted by atomic mass is 10.2. The van der Waals surface area contributed by atoms with Crippen molar-refractivity contribution in [2.75, 3.05) is 6.54 Å². The number of fused-ring (bicyclic) bond motifs is 2. The summed E-state index contributed by atoms with van der Waals surface area (Å²) in [5.74, 6) is -0.649. The predicted molar refractivity (Wildman–Crippen MR) is 89.0 cm³/mol. The van der Waals surface area contributed by atoms with Gasteiger partial charge in [-0.05, 0) is 18.2 Å². The molecule has 0 fully saturated rings. The average molecular weight is 339 g/mol. The van der Waals surface area contributed by atoms with Crippen LogP contribution < -0.4 is 0 Å². The molecule has 8 heteroatoms. The third-order valence-corrected chi connectivity index (χ3v) is 4.32. The monoisotopic (exact) mass is 339 g/mol. The van der Waals surface area contributed by atoms with Crippen molar-refractivity contribution in [1.82, 2.24) is 24.6 Å². The molecule has 3 heterocycles. The van der Waals surface area contributed by atoms with Crippen LogP contribution in [0.5, 0.6) is 0 Å². The summed E-state index contributed by atoms with van der Waals surface area (Å²) >= 11 is 0. The van der Waals surface area contributed by atoms with Gasteiger partial charge in [0.2, 0.25) is 0 Å². The summed E-state index contributed by atoms with van der Waals surface area (Å²) in [6.45, 7) is 1.58. The molecule has 1 aliphatic rings. The maximum Gasteiger partial charge on any atom is 0.303 e. The number of carbonyl (C=O) groups is 2. The molecule has 1 aliphatic heterocycles. The van der Waals surface area contributed by atoms with E-state index in [-0.39, 0.29) is 12.3 Å². The Hall–Kier alpha value is -3.16. The minimum Gasteiger partial charge on any atom is -0.481 e. The van der Waals surface area contributed by atoms with Crippen LogP contribution in [-0.2, 0) is 24.3 Å². The van der Waals surface area contributed by atoms with Crippen LogP contribution in [-0.4, -0.2) is 48.2 Å².